The van der Waals surface area contributed by atoms with Crippen LogP contribution in [0.3, 0.4) is 0 Å². The lowest BCUT2D eigenvalue weighted by molar-refractivity contribution is -0.115. The number of fused-ring (bicyclic) bond motifs is 1. The maximum atomic E-state index is 12.2. The summed E-state index contributed by atoms with van der Waals surface area (Å²) in [5, 5.41) is 12.2. The minimum atomic E-state index is -0.137. The van der Waals surface area contributed by atoms with Gasteiger partial charge in [-0.05, 0) is 29.8 Å². The van der Waals surface area contributed by atoms with Gasteiger partial charge in [-0.1, -0.05) is 29.8 Å². The first-order chi connectivity index (χ1) is 10.6. The van der Waals surface area contributed by atoms with E-state index in [4.69, 9.17) is 11.6 Å². The van der Waals surface area contributed by atoms with Gasteiger partial charge in [0.2, 0.25) is 5.91 Å². The van der Waals surface area contributed by atoms with Crippen LogP contribution in [0, 0.1) is 0 Å². The summed E-state index contributed by atoms with van der Waals surface area (Å²) < 4.78 is 0. The molecule has 0 atom stereocenters. The second-order valence-corrected chi connectivity index (χ2v) is 5.67. The first kappa shape index (κ1) is 14.8. The lowest BCUT2D eigenvalue weighted by atomic mass is 10.1. The highest BCUT2D eigenvalue weighted by atomic mass is 35.5. The Morgan fingerprint density at radius 3 is 2.86 bits per heavy atom. The van der Waals surface area contributed by atoms with Gasteiger partial charge in [0.25, 0.3) is 0 Å². The first-order valence-corrected chi connectivity index (χ1v) is 7.43. The van der Waals surface area contributed by atoms with Crippen molar-refractivity contribution in [2.24, 2.45) is 0 Å². The fourth-order valence-corrected chi connectivity index (χ4v) is 2.69. The number of thiol groups is 1. The number of nitrogens with zero attached hydrogens (tertiary/aromatic N) is 2. The summed E-state index contributed by atoms with van der Waals surface area (Å²) in [6.45, 7) is 0. The maximum absolute atomic E-state index is 12.2. The van der Waals surface area contributed by atoms with E-state index in [0.717, 1.165) is 10.9 Å². The molecule has 0 radical (unpaired) electrons. The summed E-state index contributed by atoms with van der Waals surface area (Å²) in [6, 6.07) is 12.7. The topological polar surface area (TPSA) is 54.9 Å². The molecule has 4 nitrogen and oxygen atoms in total. The third-order valence-corrected chi connectivity index (χ3v) is 3.90. The zero-order valence-electron chi connectivity index (χ0n) is 11.5. The Balaban J connectivity index is 1.81. The molecule has 1 aromatic heterocycles. The second kappa shape index (κ2) is 6.34. The Hall–Kier alpha value is -2.11. The summed E-state index contributed by atoms with van der Waals surface area (Å²) >= 11 is 10.5. The molecule has 1 amide bonds. The van der Waals surface area contributed by atoms with E-state index in [2.05, 4.69) is 28.1 Å². The van der Waals surface area contributed by atoms with Gasteiger partial charge in [0.15, 0.2) is 0 Å². The van der Waals surface area contributed by atoms with Gasteiger partial charge in [0.1, 0.15) is 5.52 Å². The SMILES string of the molecule is O=C(Cc1ccccc1Cl)Nc1cc(S)c2nnccc2c1. The van der Waals surface area contributed by atoms with Gasteiger partial charge in [-0.25, -0.2) is 0 Å². The molecule has 0 aliphatic heterocycles. The van der Waals surface area contributed by atoms with Gasteiger partial charge in [-0.3, -0.25) is 4.79 Å². The molecule has 0 aliphatic rings. The lowest BCUT2D eigenvalue weighted by Gasteiger charge is -2.08. The molecule has 1 heterocycles. The Labute approximate surface area is 137 Å². The predicted molar refractivity (Wildman–Crippen MR) is 90.6 cm³/mol. The lowest BCUT2D eigenvalue weighted by Crippen LogP contribution is -2.14. The Kier molecular flexibility index (Phi) is 4.27. The number of hydrogen-bond donors (Lipinski definition) is 2. The second-order valence-electron chi connectivity index (χ2n) is 4.78. The minimum absolute atomic E-state index is 0.137. The van der Waals surface area contributed by atoms with Gasteiger partial charge in [-0.2, -0.15) is 5.10 Å². The van der Waals surface area contributed by atoms with Crippen LogP contribution in [-0.2, 0) is 11.2 Å². The van der Waals surface area contributed by atoms with Crippen molar-refractivity contribution >= 4 is 46.7 Å². The van der Waals surface area contributed by atoms with E-state index >= 15 is 0 Å². The molecule has 0 spiro atoms. The largest absolute Gasteiger partial charge is 0.326 e. The average molecular weight is 330 g/mol. The number of carbonyl (C=O) groups excluding carboxylic acids is 1. The fraction of sp³-hybridized carbons (Fsp3) is 0.0625. The van der Waals surface area contributed by atoms with E-state index in [1.165, 1.54) is 0 Å². The zero-order valence-corrected chi connectivity index (χ0v) is 13.1. The van der Waals surface area contributed by atoms with Gasteiger partial charge < -0.3 is 5.32 Å². The van der Waals surface area contributed by atoms with Crippen LogP contribution in [0.25, 0.3) is 10.9 Å². The van der Waals surface area contributed by atoms with Crippen molar-refractivity contribution in [3.05, 3.63) is 59.2 Å². The summed E-state index contributed by atoms with van der Waals surface area (Å²) in [5.41, 5.74) is 2.16. The van der Waals surface area contributed by atoms with Crippen LogP contribution >= 0.6 is 24.2 Å². The Morgan fingerprint density at radius 2 is 2.05 bits per heavy atom. The number of benzene rings is 2. The maximum Gasteiger partial charge on any atom is 0.228 e. The molecular weight excluding hydrogens is 318 g/mol. The molecule has 2 aromatic carbocycles. The number of rotatable bonds is 3. The Bertz CT molecular complexity index is 854. The van der Waals surface area contributed by atoms with Crippen LogP contribution in [0.5, 0.6) is 0 Å². The van der Waals surface area contributed by atoms with Crippen LogP contribution in [0.2, 0.25) is 5.02 Å². The van der Waals surface area contributed by atoms with E-state index < -0.39 is 0 Å². The molecule has 0 bridgehead atoms. The van der Waals surface area contributed by atoms with Crippen molar-refractivity contribution in [2.45, 2.75) is 11.3 Å². The number of aromatic nitrogens is 2. The van der Waals surface area contributed by atoms with E-state index in [9.17, 15) is 4.79 Å². The monoisotopic (exact) mass is 329 g/mol. The normalized spacial score (nSPS) is 10.6. The number of halogens is 1. The van der Waals surface area contributed by atoms with Crippen molar-refractivity contribution in [3.8, 4) is 0 Å². The highest BCUT2D eigenvalue weighted by molar-refractivity contribution is 7.80. The standard InChI is InChI=1S/C16H12ClN3OS/c17-13-4-2-1-3-10(13)8-15(21)19-12-7-11-5-6-18-20-16(11)14(22)9-12/h1-7,9,22H,8H2,(H,19,21). The predicted octanol–water partition coefficient (Wildman–Crippen LogP) is 3.75. The van der Waals surface area contributed by atoms with Crippen LogP contribution in [0.1, 0.15) is 5.56 Å². The fourth-order valence-electron chi connectivity index (χ4n) is 2.17. The number of carbonyl (C=O) groups is 1. The van der Waals surface area contributed by atoms with Crippen LogP contribution in [0.4, 0.5) is 5.69 Å². The van der Waals surface area contributed by atoms with Gasteiger partial charge in [0.05, 0.1) is 12.6 Å². The van der Waals surface area contributed by atoms with Crippen LogP contribution < -0.4 is 5.32 Å². The van der Waals surface area contributed by atoms with E-state index in [-0.39, 0.29) is 12.3 Å². The third kappa shape index (κ3) is 3.21. The molecule has 0 saturated heterocycles. The highest BCUT2D eigenvalue weighted by Crippen LogP contribution is 2.24. The number of nitrogens with one attached hydrogen (secondary N) is 1. The van der Waals surface area contributed by atoms with Gasteiger partial charge in [-0.15, -0.1) is 17.7 Å². The van der Waals surface area contributed by atoms with Gasteiger partial charge >= 0.3 is 0 Å². The van der Waals surface area contributed by atoms with Crippen molar-refractivity contribution < 1.29 is 4.79 Å². The molecular formula is C16H12ClN3OS. The summed E-state index contributed by atoms with van der Waals surface area (Å²) in [6.07, 6.45) is 1.82. The number of amides is 1. The van der Waals surface area contributed by atoms with Crippen LogP contribution in [0.15, 0.2) is 53.6 Å². The summed E-state index contributed by atoms with van der Waals surface area (Å²) in [4.78, 5) is 12.8. The minimum Gasteiger partial charge on any atom is -0.326 e. The molecule has 110 valence electrons. The molecule has 3 rings (SSSR count). The Morgan fingerprint density at radius 1 is 1.23 bits per heavy atom. The number of anilines is 1. The quantitative estimate of drug-likeness (QED) is 0.719. The molecule has 0 unspecified atom stereocenters. The molecule has 6 heteroatoms. The zero-order chi connectivity index (χ0) is 15.5. The van der Waals surface area contributed by atoms with Crippen molar-refractivity contribution in [1.29, 1.82) is 0 Å². The third-order valence-electron chi connectivity index (χ3n) is 3.19. The van der Waals surface area contributed by atoms with E-state index in [1.54, 1.807) is 18.3 Å². The van der Waals surface area contributed by atoms with Crippen molar-refractivity contribution in [1.82, 2.24) is 10.2 Å². The van der Waals surface area contributed by atoms with Crippen molar-refractivity contribution in [2.75, 3.05) is 5.32 Å². The average Bonchev–Trinajstić information content (AvgIpc) is 2.49. The van der Waals surface area contributed by atoms with E-state index in [1.807, 2.05) is 30.3 Å². The number of hydrogen-bond acceptors (Lipinski definition) is 4. The van der Waals surface area contributed by atoms with E-state index in [0.29, 0.717) is 21.1 Å². The summed E-state index contributed by atoms with van der Waals surface area (Å²) in [7, 11) is 0. The molecule has 0 aliphatic carbocycles. The van der Waals surface area contributed by atoms with Gasteiger partial charge in [0, 0.05) is 21.0 Å². The smallest absolute Gasteiger partial charge is 0.228 e. The molecule has 1 N–H and O–H groups in total. The molecule has 0 saturated carbocycles. The molecule has 0 fully saturated rings. The highest BCUT2D eigenvalue weighted by Gasteiger charge is 2.09. The molecule has 22 heavy (non-hydrogen) atoms. The van der Waals surface area contributed by atoms with Crippen molar-refractivity contribution in [3.63, 3.8) is 0 Å². The van der Waals surface area contributed by atoms with Crippen LogP contribution in [-0.4, -0.2) is 16.1 Å². The summed E-state index contributed by atoms with van der Waals surface area (Å²) in [5.74, 6) is -0.137. The molecule has 3 aromatic rings. The first-order valence-electron chi connectivity index (χ1n) is 6.61.